The highest BCUT2D eigenvalue weighted by atomic mass is 32.1. The zero-order chi connectivity index (χ0) is 14.3. The SMILES string of the molecule is Cc1nc(CC(N)c2nn(C)c3ccccc23)sc1C. The number of thiazole rings is 1. The topological polar surface area (TPSA) is 56.7 Å². The normalized spacial score (nSPS) is 13.0. The molecule has 0 bridgehead atoms. The van der Waals surface area contributed by atoms with Crippen molar-refractivity contribution in [3.05, 3.63) is 45.5 Å². The Labute approximate surface area is 122 Å². The Bertz CT molecular complexity index is 737. The molecule has 1 aromatic carbocycles. The number of nitrogens with zero attached hydrogens (tertiary/aromatic N) is 3. The molecule has 5 heteroatoms. The van der Waals surface area contributed by atoms with Gasteiger partial charge >= 0.3 is 0 Å². The summed E-state index contributed by atoms with van der Waals surface area (Å²) in [6.45, 7) is 4.13. The number of hydrogen-bond donors (Lipinski definition) is 1. The number of hydrogen-bond acceptors (Lipinski definition) is 4. The number of para-hydroxylation sites is 1. The van der Waals surface area contributed by atoms with Crippen molar-refractivity contribution in [3.8, 4) is 0 Å². The maximum Gasteiger partial charge on any atom is 0.0950 e. The van der Waals surface area contributed by atoms with Crippen LogP contribution in [0.4, 0.5) is 0 Å². The van der Waals surface area contributed by atoms with Gasteiger partial charge in [-0.25, -0.2) is 4.98 Å². The van der Waals surface area contributed by atoms with Crippen LogP contribution >= 0.6 is 11.3 Å². The largest absolute Gasteiger partial charge is 0.322 e. The lowest BCUT2D eigenvalue weighted by atomic mass is 10.1. The average Bonchev–Trinajstić information content (AvgIpc) is 2.91. The predicted molar refractivity (Wildman–Crippen MR) is 82.9 cm³/mol. The van der Waals surface area contributed by atoms with Crippen LogP contribution in [0.5, 0.6) is 0 Å². The number of benzene rings is 1. The molecule has 0 radical (unpaired) electrons. The van der Waals surface area contributed by atoms with Gasteiger partial charge < -0.3 is 5.73 Å². The van der Waals surface area contributed by atoms with Gasteiger partial charge in [-0.05, 0) is 19.9 Å². The van der Waals surface area contributed by atoms with Crippen molar-refractivity contribution in [2.24, 2.45) is 12.8 Å². The van der Waals surface area contributed by atoms with E-state index in [4.69, 9.17) is 5.73 Å². The third-order valence-electron chi connectivity index (χ3n) is 3.60. The minimum absolute atomic E-state index is 0.119. The van der Waals surface area contributed by atoms with Gasteiger partial charge in [0.15, 0.2) is 0 Å². The second kappa shape index (κ2) is 5.00. The fourth-order valence-corrected chi connectivity index (χ4v) is 3.42. The van der Waals surface area contributed by atoms with E-state index in [9.17, 15) is 0 Å². The maximum absolute atomic E-state index is 6.36. The van der Waals surface area contributed by atoms with Crippen LogP contribution in [0.25, 0.3) is 10.9 Å². The van der Waals surface area contributed by atoms with E-state index in [1.165, 1.54) is 4.88 Å². The molecule has 2 aromatic heterocycles. The molecule has 104 valence electrons. The lowest BCUT2D eigenvalue weighted by Gasteiger charge is -2.07. The van der Waals surface area contributed by atoms with Crippen LogP contribution in [0.3, 0.4) is 0 Å². The number of aromatic nitrogens is 3. The van der Waals surface area contributed by atoms with E-state index < -0.39 is 0 Å². The smallest absolute Gasteiger partial charge is 0.0950 e. The van der Waals surface area contributed by atoms with Gasteiger partial charge in [0.05, 0.1) is 28.0 Å². The van der Waals surface area contributed by atoms with E-state index in [1.807, 2.05) is 30.8 Å². The first-order valence-corrected chi connectivity index (χ1v) is 7.48. The van der Waals surface area contributed by atoms with Crippen LogP contribution in [-0.4, -0.2) is 14.8 Å². The summed E-state index contributed by atoms with van der Waals surface area (Å²) in [6, 6.07) is 8.07. The Morgan fingerprint density at radius 1 is 1.30 bits per heavy atom. The molecule has 0 spiro atoms. The van der Waals surface area contributed by atoms with Gasteiger partial charge in [0, 0.05) is 23.7 Å². The van der Waals surface area contributed by atoms with Crippen LogP contribution in [-0.2, 0) is 13.5 Å². The summed E-state index contributed by atoms with van der Waals surface area (Å²) in [5.41, 5.74) is 9.52. The van der Waals surface area contributed by atoms with Crippen molar-refractivity contribution in [3.63, 3.8) is 0 Å². The Balaban J connectivity index is 1.94. The Hall–Kier alpha value is -1.72. The molecule has 2 heterocycles. The predicted octanol–water partition coefficient (Wildman–Crippen LogP) is 2.89. The van der Waals surface area contributed by atoms with Gasteiger partial charge in [-0.2, -0.15) is 5.10 Å². The number of aryl methyl sites for hydroxylation is 3. The summed E-state index contributed by atoms with van der Waals surface area (Å²) in [5, 5.41) is 6.80. The maximum atomic E-state index is 6.36. The minimum Gasteiger partial charge on any atom is -0.322 e. The first kappa shape index (κ1) is 13.3. The number of rotatable bonds is 3. The Morgan fingerprint density at radius 2 is 2.05 bits per heavy atom. The standard InChI is InChI=1S/C15H18N4S/c1-9-10(2)20-14(17-9)8-12(16)15-11-6-4-5-7-13(11)19(3)18-15/h4-7,12H,8,16H2,1-3H3. The van der Waals surface area contributed by atoms with E-state index in [1.54, 1.807) is 11.3 Å². The minimum atomic E-state index is -0.119. The fourth-order valence-electron chi connectivity index (χ4n) is 2.43. The van der Waals surface area contributed by atoms with E-state index in [0.717, 1.165) is 33.7 Å². The lowest BCUT2D eigenvalue weighted by Crippen LogP contribution is -2.14. The van der Waals surface area contributed by atoms with E-state index >= 15 is 0 Å². The number of nitrogens with two attached hydrogens (primary N) is 1. The van der Waals surface area contributed by atoms with Crippen LogP contribution in [0.15, 0.2) is 24.3 Å². The molecular weight excluding hydrogens is 268 g/mol. The summed E-state index contributed by atoms with van der Waals surface area (Å²) in [4.78, 5) is 5.83. The van der Waals surface area contributed by atoms with Gasteiger partial charge in [0.25, 0.3) is 0 Å². The van der Waals surface area contributed by atoms with Gasteiger partial charge in [0.1, 0.15) is 0 Å². The van der Waals surface area contributed by atoms with Crippen LogP contribution in [0.2, 0.25) is 0 Å². The van der Waals surface area contributed by atoms with E-state index in [-0.39, 0.29) is 6.04 Å². The highest BCUT2D eigenvalue weighted by Gasteiger charge is 2.17. The molecule has 0 saturated carbocycles. The molecule has 3 rings (SSSR count). The molecule has 1 atom stereocenters. The van der Waals surface area contributed by atoms with Crippen molar-refractivity contribution in [1.82, 2.24) is 14.8 Å². The molecule has 3 aromatic rings. The fraction of sp³-hybridized carbons (Fsp3) is 0.333. The van der Waals surface area contributed by atoms with Gasteiger partial charge in [-0.15, -0.1) is 11.3 Å². The van der Waals surface area contributed by atoms with Crippen molar-refractivity contribution < 1.29 is 0 Å². The van der Waals surface area contributed by atoms with Crippen molar-refractivity contribution in [2.45, 2.75) is 26.3 Å². The summed E-state index contributed by atoms with van der Waals surface area (Å²) < 4.78 is 1.89. The highest BCUT2D eigenvalue weighted by molar-refractivity contribution is 7.11. The second-order valence-electron chi connectivity index (χ2n) is 5.09. The van der Waals surface area contributed by atoms with Crippen LogP contribution in [0, 0.1) is 13.8 Å². The van der Waals surface area contributed by atoms with Crippen molar-refractivity contribution in [2.75, 3.05) is 0 Å². The Morgan fingerprint density at radius 3 is 2.75 bits per heavy atom. The summed E-state index contributed by atoms with van der Waals surface area (Å²) in [7, 11) is 1.95. The zero-order valence-electron chi connectivity index (χ0n) is 11.9. The van der Waals surface area contributed by atoms with Gasteiger partial charge in [0.2, 0.25) is 0 Å². The molecule has 2 N–H and O–H groups in total. The molecule has 0 amide bonds. The first-order valence-electron chi connectivity index (χ1n) is 6.66. The highest BCUT2D eigenvalue weighted by Crippen LogP contribution is 2.26. The molecule has 20 heavy (non-hydrogen) atoms. The van der Waals surface area contributed by atoms with E-state index in [0.29, 0.717) is 0 Å². The number of fused-ring (bicyclic) bond motifs is 1. The summed E-state index contributed by atoms with van der Waals surface area (Å²) in [6.07, 6.45) is 0.736. The summed E-state index contributed by atoms with van der Waals surface area (Å²) in [5.74, 6) is 0. The van der Waals surface area contributed by atoms with Gasteiger partial charge in [-0.3, -0.25) is 4.68 Å². The van der Waals surface area contributed by atoms with Gasteiger partial charge in [-0.1, -0.05) is 18.2 Å². The third kappa shape index (κ3) is 2.23. The molecule has 4 nitrogen and oxygen atoms in total. The summed E-state index contributed by atoms with van der Waals surface area (Å²) >= 11 is 1.72. The molecule has 0 aliphatic carbocycles. The lowest BCUT2D eigenvalue weighted by molar-refractivity contribution is 0.662. The molecule has 1 unspecified atom stereocenters. The molecule has 0 saturated heterocycles. The van der Waals surface area contributed by atoms with Crippen molar-refractivity contribution >= 4 is 22.2 Å². The Kier molecular flexibility index (Phi) is 3.31. The molecular formula is C15H18N4S. The molecule has 0 aliphatic rings. The van der Waals surface area contributed by atoms with Crippen LogP contribution < -0.4 is 5.73 Å². The average molecular weight is 286 g/mol. The van der Waals surface area contributed by atoms with Crippen molar-refractivity contribution in [1.29, 1.82) is 0 Å². The quantitative estimate of drug-likeness (QED) is 0.805. The van der Waals surface area contributed by atoms with E-state index in [2.05, 4.69) is 29.1 Å². The molecule has 0 aliphatic heterocycles. The third-order valence-corrected chi connectivity index (χ3v) is 4.70. The second-order valence-corrected chi connectivity index (χ2v) is 6.37. The zero-order valence-corrected chi connectivity index (χ0v) is 12.7. The first-order chi connectivity index (χ1) is 9.56. The molecule has 0 fully saturated rings. The van der Waals surface area contributed by atoms with Crippen LogP contribution in [0.1, 0.15) is 27.3 Å². The monoisotopic (exact) mass is 286 g/mol.